The molecule has 0 fully saturated rings. The van der Waals surface area contributed by atoms with Gasteiger partial charge in [-0.1, -0.05) is 30.3 Å². The molecule has 2 aromatic carbocycles. The van der Waals surface area contributed by atoms with Crippen LogP contribution in [0.3, 0.4) is 0 Å². The Hall–Kier alpha value is -3.17. The summed E-state index contributed by atoms with van der Waals surface area (Å²) in [6.07, 6.45) is 0. The monoisotopic (exact) mass is 349 g/mol. The number of anilines is 2. The van der Waals surface area contributed by atoms with Gasteiger partial charge in [-0.3, -0.25) is 9.69 Å². The van der Waals surface area contributed by atoms with E-state index in [0.717, 1.165) is 5.69 Å². The van der Waals surface area contributed by atoms with Crippen molar-refractivity contribution in [3.63, 3.8) is 0 Å². The van der Waals surface area contributed by atoms with Crippen LogP contribution in [-0.2, 0) is 11.4 Å². The van der Waals surface area contributed by atoms with Gasteiger partial charge in [0.1, 0.15) is 18.4 Å². The fourth-order valence-corrected chi connectivity index (χ4v) is 3.18. The van der Waals surface area contributed by atoms with Gasteiger partial charge in [-0.05, 0) is 24.3 Å². The molecule has 3 rings (SSSR count). The minimum absolute atomic E-state index is 0.108. The summed E-state index contributed by atoms with van der Waals surface area (Å²) < 4.78 is 5.69. The van der Waals surface area contributed by atoms with E-state index in [4.69, 9.17) is 10.00 Å². The van der Waals surface area contributed by atoms with E-state index in [1.165, 1.54) is 18.3 Å². The van der Waals surface area contributed by atoms with Crippen molar-refractivity contribution in [2.45, 2.75) is 13.5 Å². The summed E-state index contributed by atoms with van der Waals surface area (Å²) in [6.45, 7) is 1.74. The summed E-state index contributed by atoms with van der Waals surface area (Å²) in [6, 6.07) is 18.5. The van der Waals surface area contributed by atoms with Gasteiger partial charge in [-0.2, -0.15) is 5.26 Å². The fourth-order valence-electron chi connectivity index (χ4n) is 2.31. The van der Waals surface area contributed by atoms with Crippen LogP contribution in [0.15, 0.2) is 60.0 Å². The lowest BCUT2D eigenvalue weighted by atomic mass is 10.2. The predicted molar refractivity (Wildman–Crippen MR) is 96.9 cm³/mol. The second-order valence-electron chi connectivity index (χ2n) is 5.21. The Morgan fingerprint density at radius 1 is 1.20 bits per heavy atom. The number of nitrogens with zero attached hydrogens (tertiary/aromatic N) is 3. The quantitative estimate of drug-likeness (QED) is 0.689. The van der Waals surface area contributed by atoms with E-state index in [-0.39, 0.29) is 12.5 Å². The van der Waals surface area contributed by atoms with E-state index in [1.807, 2.05) is 41.8 Å². The van der Waals surface area contributed by atoms with Crippen molar-refractivity contribution in [1.29, 1.82) is 5.26 Å². The van der Waals surface area contributed by atoms with Gasteiger partial charge in [0.2, 0.25) is 5.91 Å². The van der Waals surface area contributed by atoms with E-state index in [0.29, 0.717) is 22.1 Å². The van der Waals surface area contributed by atoms with Gasteiger partial charge < -0.3 is 4.74 Å². The van der Waals surface area contributed by atoms with Gasteiger partial charge in [0, 0.05) is 12.3 Å². The van der Waals surface area contributed by atoms with E-state index in [1.54, 1.807) is 23.1 Å². The maximum atomic E-state index is 12.0. The molecule has 1 heterocycles. The lowest BCUT2D eigenvalue weighted by Gasteiger charge is -2.17. The maximum absolute atomic E-state index is 12.0. The Bertz CT molecular complexity index is 916. The third-order valence-electron chi connectivity index (χ3n) is 3.44. The highest BCUT2D eigenvalue weighted by Gasteiger charge is 2.17. The number of aromatic nitrogens is 1. The molecule has 0 aliphatic carbocycles. The van der Waals surface area contributed by atoms with Gasteiger partial charge >= 0.3 is 0 Å². The number of thiazole rings is 1. The van der Waals surface area contributed by atoms with Gasteiger partial charge in [-0.25, -0.2) is 4.98 Å². The molecule has 25 heavy (non-hydrogen) atoms. The summed E-state index contributed by atoms with van der Waals surface area (Å²) in [5.41, 5.74) is 1.95. The summed E-state index contributed by atoms with van der Waals surface area (Å²) in [7, 11) is 0. The van der Waals surface area contributed by atoms with Crippen molar-refractivity contribution in [2.75, 3.05) is 4.90 Å². The summed E-state index contributed by atoms with van der Waals surface area (Å²) >= 11 is 1.37. The van der Waals surface area contributed by atoms with Crippen LogP contribution >= 0.6 is 11.3 Å². The van der Waals surface area contributed by atoms with Crippen LogP contribution in [0.25, 0.3) is 0 Å². The first-order valence-corrected chi connectivity index (χ1v) is 8.49. The molecule has 0 radical (unpaired) electrons. The molecule has 1 aromatic heterocycles. The van der Waals surface area contributed by atoms with Crippen molar-refractivity contribution >= 4 is 28.1 Å². The van der Waals surface area contributed by atoms with E-state index in [2.05, 4.69) is 11.1 Å². The number of ether oxygens (including phenoxy) is 1. The summed E-state index contributed by atoms with van der Waals surface area (Å²) in [5, 5.41) is 11.5. The third-order valence-corrected chi connectivity index (χ3v) is 4.32. The van der Waals surface area contributed by atoms with Crippen LogP contribution in [0.4, 0.5) is 10.8 Å². The number of carbonyl (C=O) groups excluding carboxylic acids is 1. The Morgan fingerprint density at radius 2 is 1.92 bits per heavy atom. The van der Waals surface area contributed by atoms with Crippen LogP contribution in [0, 0.1) is 11.3 Å². The van der Waals surface area contributed by atoms with Gasteiger partial charge in [0.05, 0.1) is 16.9 Å². The number of rotatable bonds is 5. The Balaban J connectivity index is 1.77. The van der Waals surface area contributed by atoms with Crippen LogP contribution in [-0.4, -0.2) is 10.9 Å². The van der Waals surface area contributed by atoms with Crippen LogP contribution in [0.5, 0.6) is 5.75 Å². The second-order valence-corrected chi connectivity index (χ2v) is 6.04. The number of benzene rings is 2. The molecule has 124 valence electrons. The third kappa shape index (κ3) is 3.84. The molecule has 0 aliphatic heterocycles. The van der Waals surface area contributed by atoms with Crippen molar-refractivity contribution in [2.24, 2.45) is 0 Å². The maximum Gasteiger partial charge on any atom is 0.230 e. The largest absolute Gasteiger partial charge is 0.486 e. The smallest absolute Gasteiger partial charge is 0.230 e. The number of para-hydroxylation sites is 2. The minimum atomic E-state index is -0.108. The van der Waals surface area contributed by atoms with Crippen molar-refractivity contribution < 1.29 is 9.53 Å². The number of carbonyl (C=O) groups is 1. The number of hydrogen-bond donors (Lipinski definition) is 0. The molecule has 0 saturated carbocycles. The van der Waals surface area contributed by atoms with Gasteiger partial charge in [-0.15, -0.1) is 11.3 Å². The van der Waals surface area contributed by atoms with Gasteiger partial charge in [0.15, 0.2) is 5.13 Å². The zero-order chi connectivity index (χ0) is 17.6. The molecular formula is C19H15N3O2S. The first-order valence-electron chi connectivity index (χ1n) is 7.61. The molecule has 5 nitrogen and oxygen atoms in total. The van der Waals surface area contributed by atoms with Crippen LogP contribution in [0.2, 0.25) is 0 Å². The zero-order valence-corrected chi connectivity index (χ0v) is 14.4. The molecule has 0 bridgehead atoms. The first-order chi connectivity index (χ1) is 12.2. The average molecular weight is 349 g/mol. The molecule has 0 atom stereocenters. The molecule has 0 N–H and O–H groups in total. The highest BCUT2D eigenvalue weighted by molar-refractivity contribution is 7.14. The molecular weight excluding hydrogens is 334 g/mol. The molecule has 0 spiro atoms. The van der Waals surface area contributed by atoms with Crippen LogP contribution < -0.4 is 9.64 Å². The zero-order valence-electron chi connectivity index (χ0n) is 13.5. The van der Waals surface area contributed by atoms with Gasteiger partial charge in [0.25, 0.3) is 0 Å². The van der Waals surface area contributed by atoms with Crippen LogP contribution in [0.1, 0.15) is 18.2 Å². The second kappa shape index (κ2) is 7.60. The highest BCUT2D eigenvalue weighted by atomic mass is 32.1. The van der Waals surface area contributed by atoms with Crippen molar-refractivity contribution in [1.82, 2.24) is 4.98 Å². The molecule has 1 amide bonds. The molecule has 0 aliphatic rings. The molecule has 0 saturated heterocycles. The van der Waals surface area contributed by atoms with E-state index < -0.39 is 0 Å². The van der Waals surface area contributed by atoms with Crippen molar-refractivity contribution in [3.8, 4) is 11.8 Å². The SMILES string of the molecule is CC(=O)N(c1ccccc1)c1nc(COc2ccccc2C#N)cs1. The van der Waals surface area contributed by atoms with Crippen molar-refractivity contribution in [3.05, 3.63) is 71.2 Å². The highest BCUT2D eigenvalue weighted by Crippen LogP contribution is 2.29. The topological polar surface area (TPSA) is 66.2 Å². The Labute approximate surface area is 149 Å². The molecule has 3 aromatic rings. The number of hydrogen-bond acceptors (Lipinski definition) is 5. The predicted octanol–water partition coefficient (Wildman–Crippen LogP) is 4.28. The number of amides is 1. The minimum Gasteiger partial charge on any atom is -0.486 e. The summed E-state index contributed by atoms with van der Waals surface area (Å²) in [4.78, 5) is 18.1. The standard InChI is InChI=1S/C19H15N3O2S/c1-14(23)22(17-8-3-2-4-9-17)19-21-16(13-25-19)12-24-18-10-6-5-7-15(18)11-20/h2-10,13H,12H2,1H3. The fraction of sp³-hybridized carbons (Fsp3) is 0.105. The Kier molecular flexibility index (Phi) is 5.07. The normalized spacial score (nSPS) is 10.1. The summed E-state index contributed by atoms with van der Waals surface area (Å²) in [5.74, 6) is 0.411. The molecule has 0 unspecified atom stereocenters. The first kappa shape index (κ1) is 16.7. The number of nitriles is 1. The Morgan fingerprint density at radius 3 is 2.64 bits per heavy atom. The van der Waals surface area contributed by atoms with E-state index >= 15 is 0 Å². The average Bonchev–Trinajstić information content (AvgIpc) is 3.09. The molecule has 6 heteroatoms. The lowest BCUT2D eigenvalue weighted by molar-refractivity contribution is -0.115. The van der Waals surface area contributed by atoms with E-state index in [9.17, 15) is 4.79 Å². The lowest BCUT2D eigenvalue weighted by Crippen LogP contribution is -2.22.